The normalized spacial score (nSPS) is 11.4. The SMILES string of the molecule is CCCCP(=O)(c1ccc(N)cc1)c1ccc(N)cc1. The maximum atomic E-state index is 13.5. The predicted octanol–water partition coefficient (Wildman–Crippen LogP) is 2.97. The lowest BCUT2D eigenvalue weighted by Gasteiger charge is -2.19. The fourth-order valence-corrected chi connectivity index (χ4v) is 5.06. The zero-order valence-corrected chi connectivity index (χ0v) is 12.6. The Morgan fingerprint density at radius 3 is 1.60 bits per heavy atom. The van der Waals surface area contributed by atoms with E-state index in [1.54, 1.807) is 0 Å². The maximum Gasteiger partial charge on any atom is 0.143 e. The molecule has 0 aliphatic heterocycles. The number of hydrogen-bond acceptors (Lipinski definition) is 3. The second-order valence-corrected chi connectivity index (χ2v) is 7.96. The first-order valence-electron chi connectivity index (χ1n) is 6.87. The van der Waals surface area contributed by atoms with Gasteiger partial charge in [-0.15, -0.1) is 0 Å². The summed E-state index contributed by atoms with van der Waals surface area (Å²) in [5.41, 5.74) is 12.8. The van der Waals surface area contributed by atoms with Gasteiger partial charge in [0.1, 0.15) is 7.14 Å². The first kappa shape index (κ1) is 14.7. The van der Waals surface area contributed by atoms with E-state index in [0.717, 1.165) is 23.5 Å². The molecule has 0 radical (unpaired) electrons. The Bertz CT molecular complexity index is 556. The van der Waals surface area contributed by atoms with E-state index in [-0.39, 0.29) is 0 Å². The van der Waals surface area contributed by atoms with Crippen LogP contribution in [-0.2, 0) is 4.57 Å². The minimum Gasteiger partial charge on any atom is -0.399 e. The quantitative estimate of drug-likeness (QED) is 0.656. The lowest BCUT2D eigenvalue weighted by Crippen LogP contribution is -2.18. The van der Waals surface area contributed by atoms with Crippen molar-refractivity contribution in [1.82, 2.24) is 0 Å². The molecular weight excluding hydrogens is 267 g/mol. The molecule has 0 saturated heterocycles. The number of nitrogens with two attached hydrogens (primary N) is 2. The summed E-state index contributed by atoms with van der Waals surface area (Å²) in [6.45, 7) is 2.11. The molecule has 0 amide bonds. The van der Waals surface area contributed by atoms with E-state index in [9.17, 15) is 4.57 Å². The van der Waals surface area contributed by atoms with E-state index in [0.29, 0.717) is 17.5 Å². The molecule has 3 nitrogen and oxygen atoms in total. The Labute approximate surface area is 120 Å². The van der Waals surface area contributed by atoms with Crippen LogP contribution in [0.25, 0.3) is 0 Å². The molecule has 0 spiro atoms. The van der Waals surface area contributed by atoms with Crippen molar-refractivity contribution >= 4 is 29.1 Å². The number of nitrogen functional groups attached to an aromatic ring is 2. The zero-order valence-electron chi connectivity index (χ0n) is 11.8. The molecule has 4 heteroatoms. The molecule has 2 rings (SSSR count). The van der Waals surface area contributed by atoms with Crippen molar-refractivity contribution in [2.24, 2.45) is 0 Å². The Balaban J connectivity index is 2.47. The van der Waals surface area contributed by atoms with E-state index >= 15 is 0 Å². The minimum atomic E-state index is -2.59. The average molecular weight is 288 g/mol. The van der Waals surface area contributed by atoms with Crippen LogP contribution in [-0.4, -0.2) is 6.16 Å². The summed E-state index contributed by atoms with van der Waals surface area (Å²) in [6.07, 6.45) is 2.64. The summed E-state index contributed by atoms with van der Waals surface area (Å²) in [5.74, 6) is 0. The fourth-order valence-electron chi connectivity index (χ4n) is 2.22. The Kier molecular flexibility index (Phi) is 4.51. The van der Waals surface area contributed by atoms with Crippen LogP contribution < -0.4 is 22.1 Å². The Morgan fingerprint density at radius 2 is 1.25 bits per heavy atom. The highest BCUT2D eigenvalue weighted by atomic mass is 31.2. The van der Waals surface area contributed by atoms with Crippen molar-refractivity contribution < 1.29 is 4.57 Å². The van der Waals surface area contributed by atoms with Gasteiger partial charge in [0.25, 0.3) is 0 Å². The van der Waals surface area contributed by atoms with Crippen LogP contribution >= 0.6 is 7.14 Å². The first-order valence-corrected chi connectivity index (χ1v) is 8.77. The molecule has 106 valence electrons. The van der Waals surface area contributed by atoms with Gasteiger partial charge in [0.15, 0.2) is 0 Å². The lowest BCUT2D eigenvalue weighted by molar-refractivity contribution is 0.585. The van der Waals surface area contributed by atoms with Crippen molar-refractivity contribution in [3.8, 4) is 0 Å². The van der Waals surface area contributed by atoms with Crippen molar-refractivity contribution in [3.63, 3.8) is 0 Å². The topological polar surface area (TPSA) is 69.1 Å². The number of unbranched alkanes of at least 4 members (excludes halogenated alkanes) is 1. The van der Waals surface area contributed by atoms with E-state index in [1.807, 2.05) is 48.5 Å². The molecule has 0 heterocycles. The molecule has 0 fully saturated rings. The smallest absolute Gasteiger partial charge is 0.143 e. The number of benzene rings is 2. The predicted molar refractivity (Wildman–Crippen MR) is 88.4 cm³/mol. The molecule has 0 aliphatic carbocycles. The van der Waals surface area contributed by atoms with Crippen LogP contribution in [0, 0.1) is 0 Å². The molecular formula is C16H21N2OP. The van der Waals surface area contributed by atoms with Gasteiger partial charge in [0, 0.05) is 28.1 Å². The summed E-state index contributed by atoms with van der Waals surface area (Å²) in [7, 11) is -2.59. The molecule has 4 N–H and O–H groups in total. The average Bonchev–Trinajstić information content (AvgIpc) is 2.46. The summed E-state index contributed by atoms with van der Waals surface area (Å²) >= 11 is 0. The lowest BCUT2D eigenvalue weighted by atomic mass is 10.3. The molecule has 0 atom stereocenters. The van der Waals surface area contributed by atoms with Gasteiger partial charge in [-0.25, -0.2) is 0 Å². The fraction of sp³-hybridized carbons (Fsp3) is 0.250. The second-order valence-electron chi connectivity index (χ2n) is 5.00. The molecule has 20 heavy (non-hydrogen) atoms. The number of anilines is 2. The van der Waals surface area contributed by atoms with E-state index < -0.39 is 7.14 Å². The summed E-state index contributed by atoms with van der Waals surface area (Å²) in [4.78, 5) is 0. The monoisotopic (exact) mass is 288 g/mol. The van der Waals surface area contributed by atoms with Crippen LogP contribution in [0.15, 0.2) is 48.5 Å². The van der Waals surface area contributed by atoms with E-state index in [4.69, 9.17) is 11.5 Å². The van der Waals surface area contributed by atoms with E-state index in [1.165, 1.54) is 0 Å². The minimum absolute atomic E-state index is 0.678. The van der Waals surface area contributed by atoms with Gasteiger partial charge in [-0.3, -0.25) is 0 Å². The molecule has 0 unspecified atom stereocenters. The summed E-state index contributed by atoms with van der Waals surface area (Å²) in [6, 6.07) is 14.8. The summed E-state index contributed by atoms with van der Waals surface area (Å²) in [5, 5.41) is 1.73. The van der Waals surface area contributed by atoms with Crippen LogP contribution in [0.2, 0.25) is 0 Å². The number of rotatable bonds is 5. The van der Waals surface area contributed by atoms with Crippen LogP contribution in [0.3, 0.4) is 0 Å². The second kappa shape index (κ2) is 6.15. The Morgan fingerprint density at radius 1 is 0.850 bits per heavy atom. The largest absolute Gasteiger partial charge is 0.399 e. The van der Waals surface area contributed by atoms with Gasteiger partial charge in [0.05, 0.1) is 0 Å². The third kappa shape index (κ3) is 3.05. The molecule has 2 aromatic carbocycles. The highest BCUT2D eigenvalue weighted by molar-refractivity contribution is 7.78. The van der Waals surface area contributed by atoms with Gasteiger partial charge < -0.3 is 16.0 Å². The maximum absolute atomic E-state index is 13.5. The van der Waals surface area contributed by atoms with Crippen molar-refractivity contribution in [3.05, 3.63) is 48.5 Å². The molecule has 0 aliphatic rings. The van der Waals surface area contributed by atoms with Gasteiger partial charge in [-0.05, 0) is 55.0 Å². The van der Waals surface area contributed by atoms with Crippen LogP contribution in [0.1, 0.15) is 19.8 Å². The van der Waals surface area contributed by atoms with Crippen molar-refractivity contribution in [2.45, 2.75) is 19.8 Å². The molecule has 0 saturated carbocycles. The third-order valence-electron chi connectivity index (χ3n) is 3.45. The van der Waals surface area contributed by atoms with Crippen LogP contribution in [0.4, 0.5) is 11.4 Å². The highest BCUT2D eigenvalue weighted by Gasteiger charge is 2.26. The van der Waals surface area contributed by atoms with Gasteiger partial charge in [-0.1, -0.05) is 13.3 Å². The van der Waals surface area contributed by atoms with Crippen molar-refractivity contribution in [2.75, 3.05) is 17.6 Å². The van der Waals surface area contributed by atoms with Crippen molar-refractivity contribution in [1.29, 1.82) is 0 Å². The summed E-state index contributed by atoms with van der Waals surface area (Å²) < 4.78 is 13.5. The first-order chi connectivity index (χ1) is 9.56. The van der Waals surface area contributed by atoms with E-state index in [2.05, 4.69) is 6.92 Å². The zero-order chi connectivity index (χ0) is 14.6. The number of hydrogen-bond donors (Lipinski definition) is 2. The highest BCUT2D eigenvalue weighted by Crippen LogP contribution is 2.44. The molecule has 0 bridgehead atoms. The van der Waals surface area contributed by atoms with Gasteiger partial charge >= 0.3 is 0 Å². The third-order valence-corrected chi connectivity index (χ3v) is 6.66. The molecule has 2 aromatic rings. The van der Waals surface area contributed by atoms with Gasteiger partial charge in [-0.2, -0.15) is 0 Å². The van der Waals surface area contributed by atoms with Gasteiger partial charge in [0.2, 0.25) is 0 Å². The van der Waals surface area contributed by atoms with Crippen LogP contribution in [0.5, 0.6) is 0 Å². The Hall–Kier alpha value is -1.73. The molecule has 0 aromatic heterocycles. The standard InChI is InChI=1S/C16H21N2OP/c1-2-3-12-20(19,15-8-4-13(17)5-9-15)16-10-6-14(18)7-11-16/h4-11H,2-3,12,17-18H2,1H3.